The number of nitrogens with zero attached hydrogens (tertiary/aromatic N) is 2. The van der Waals surface area contributed by atoms with E-state index in [2.05, 4.69) is 15.2 Å². The number of piperidine rings is 1. The lowest BCUT2D eigenvalue weighted by atomic mass is 9.96. The summed E-state index contributed by atoms with van der Waals surface area (Å²) in [5.41, 5.74) is -1.24. The third kappa shape index (κ3) is 7.66. The van der Waals surface area contributed by atoms with Gasteiger partial charge in [0.1, 0.15) is 30.5 Å². The number of pyridine rings is 1. The molecule has 2 saturated heterocycles. The van der Waals surface area contributed by atoms with Crippen molar-refractivity contribution in [2.75, 3.05) is 24.7 Å². The number of anilines is 1. The van der Waals surface area contributed by atoms with Gasteiger partial charge in [-0.1, -0.05) is 23.2 Å². The first-order chi connectivity index (χ1) is 19.3. The zero-order chi connectivity index (χ0) is 29.9. The Morgan fingerprint density at radius 3 is 2.34 bits per heavy atom. The van der Waals surface area contributed by atoms with E-state index in [1.165, 1.54) is 24.4 Å². The summed E-state index contributed by atoms with van der Waals surface area (Å²) < 4.78 is 48.6. The van der Waals surface area contributed by atoms with Crippen LogP contribution in [0.1, 0.15) is 49.9 Å². The zero-order valence-electron chi connectivity index (χ0n) is 22.4. The molecule has 0 aliphatic carbocycles. The Morgan fingerprint density at radius 2 is 1.76 bits per heavy atom. The number of ether oxygens (including phenoxy) is 2. The number of rotatable bonds is 10. The highest BCUT2D eigenvalue weighted by atomic mass is 35.5. The third-order valence-electron chi connectivity index (χ3n) is 7.04. The number of aromatic nitrogens is 1. The van der Waals surface area contributed by atoms with Crippen molar-refractivity contribution in [3.8, 4) is 11.5 Å². The van der Waals surface area contributed by atoms with E-state index in [1.54, 1.807) is 19.9 Å². The molecule has 41 heavy (non-hydrogen) atoms. The second-order valence-electron chi connectivity index (χ2n) is 10.5. The van der Waals surface area contributed by atoms with Crippen LogP contribution < -0.4 is 25.0 Å². The summed E-state index contributed by atoms with van der Waals surface area (Å²) in [4.78, 5) is 31.8. The molecule has 14 heteroatoms. The SMILES string of the molecule is CC(C)(Oc1cc(OCCO)c(Cl)cc1Cl)C(=O)NC1CC2CCC(C1)N2c1ccc(C(=O)NCC(F)(F)F)cn1. The first kappa shape index (κ1) is 31.0. The summed E-state index contributed by atoms with van der Waals surface area (Å²) in [5, 5.41) is 14.4. The van der Waals surface area contributed by atoms with Gasteiger partial charge in [0.2, 0.25) is 0 Å². The predicted octanol–water partition coefficient (Wildman–Crippen LogP) is 4.53. The second kappa shape index (κ2) is 12.5. The minimum absolute atomic E-state index is 0.0304. The number of hydrogen-bond donors (Lipinski definition) is 3. The Labute approximate surface area is 245 Å². The van der Waals surface area contributed by atoms with Crippen molar-refractivity contribution in [2.24, 2.45) is 0 Å². The van der Waals surface area contributed by atoms with Gasteiger partial charge in [0.05, 0.1) is 22.2 Å². The van der Waals surface area contributed by atoms with Crippen LogP contribution in [0.4, 0.5) is 19.0 Å². The first-order valence-corrected chi connectivity index (χ1v) is 13.8. The monoisotopic (exact) mass is 618 g/mol. The Hall–Kier alpha value is -2.96. The number of aliphatic hydroxyl groups is 1. The third-order valence-corrected chi connectivity index (χ3v) is 7.63. The van der Waals surface area contributed by atoms with E-state index in [9.17, 15) is 22.8 Å². The molecule has 2 aliphatic rings. The topological polar surface area (TPSA) is 113 Å². The molecular weight excluding hydrogens is 588 g/mol. The number of nitrogens with one attached hydrogen (secondary N) is 2. The van der Waals surface area contributed by atoms with Crippen LogP contribution in [-0.4, -0.2) is 71.6 Å². The maximum absolute atomic E-state index is 13.3. The highest BCUT2D eigenvalue weighted by molar-refractivity contribution is 6.36. The van der Waals surface area contributed by atoms with E-state index in [0.29, 0.717) is 18.7 Å². The first-order valence-electron chi connectivity index (χ1n) is 13.1. The smallest absolute Gasteiger partial charge is 0.405 e. The zero-order valence-corrected chi connectivity index (χ0v) is 23.9. The highest BCUT2D eigenvalue weighted by Gasteiger charge is 2.43. The number of amides is 2. The number of alkyl halides is 3. The number of hydrogen-bond acceptors (Lipinski definition) is 7. The summed E-state index contributed by atoms with van der Waals surface area (Å²) in [6.07, 6.45) is -0.113. The van der Waals surface area contributed by atoms with Crippen molar-refractivity contribution >= 4 is 40.8 Å². The van der Waals surface area contributed by atoms with Crippen molar-refractivity contribution in [3.63, 3.8) is 0 Å². The van der Waals surface area contributed by atoms with Crippen LogP contribution in [0.2, 0.25) is 10.0 Å². The molecule has 0 spiro atoms. The molecule has 9 nitrogen and oxygen atoms in total. The van der Waals surface area contributed by atoms with Crippen molar-refractivity contribution in [3.05, 3.63) is 46.1 Å². The Balaban J connectivity index is 1.36. The van der Waals surface area contributed by atoms with Gasteiger partial charge in [0, 0.05) is 30.4 Å². The van der Waals surface area contributed by atoms with Crippen molar-refractivity contribution in [1.29, 1.82) is 0 Å². The maximum atomic E-state index is 13.3. The molecule has 2 bridgehead atoms. The summed E-state index contributed by atoms with van der Waals surface area (Å²) in [6, 6.07) is 6.10. The summed E-state index contributed by atoms with van der Waals surface area (Å²) in [5.74, 6) is -0.0599. The number of halogens is 5. The molecule has 4 rings (SSSR count). The lowest BCUT2D eigenvalue weighted by Crippen LogP contribution is -2.55. The fraction of sp³-hybridized carbons (Fsp3) is 0.519. The largest absolute Gasteiger partial charge is 0.489 e. The minimum atomic E-state index is -4.49. The van der Waals surface area contributed by atoms with Gasteiger partial charge in [0.25, 0.3) is 11.8 Å². The van der Waals surface area contributed by atoms with Crippen LogP contribution in [0.3, 0.4) is 0 Å². The molecule has 2 aliphatic heterocycles. The quantitative estimate of drug-likeness (QED) is 0.359. The normalized spacial score (nSPS) is 20.5. The molecule has 0 radical (unpaired) electrons. The second-order valence-corrected chi connectivity index (χ2v) is 11.3. The Bertz CT molecular complexity index is 1250. The van der Waals surface area contributed by atoms with Crippen LogP contribution in [0.25, 0.3) is 0 Å². The van der Waals surface area contributed by atoms with Gasteiger partial charge in [0.15, 0.2) is 5.60 Å². The van der Waals surface area contributed by atoms with E-state index in [1.807, 2.05) is 5.32 Å². The van der Waals surface area contributed by atoms with Crippen molar-refractivity contribution in [1.82, 2.24) is 15.6 Å². The minimum Gasteiger partial charge on any atom is -0.489 e. The summed E-state index contributed by atoms with van der Waals surface area (Å²) in [7, 11) is 0. The predicted molar refractivity (Wildman–Crippen MR) is 147 cm³/mol. The van der Waals surface area contributed by atoms with E-state index in [-0.39, 0.29) is 64.4 Å². The lowest BCUT2D eigenvalue weighted by Gasteiger charge is -2.40. The molecular formula is C27H31Cl2F3N4O5. The fourth-order valence-electron chi connectivity index (χ4n) is 5.16. The molecule has 1 aromatic heterocycles. The van der Waals surface area contributed by atoms with Crippen LogP contribution in [0.15, 0.2) is 30.5 Å². The van der Waals surface area contributed by atoms with Gasteiger partial charge in [-0.05, 0) is 57.7 Å². The van der Waals surface area contributed by atoms with Crippen molar-refractivity contribution < 1.29 is 37.3 Å². The average molecular weight is 619 g/mol. The van der Waals surface area contributed by atoms with E-state index in [0.717, 1.165) is 12.8 Å². The molecule has 2 amide bonds. The summed E-state index contributed by atoms with van der Waals surface area (Å²) in [6.45, 7) is 1.67. The van der Waals surface area contributed by atoms with Crippen LogP contribution >= 0.6 is 23.2 Å². The maximum Gasteiger partial charge on any atom is 0.405 e. The van der Waals surface area contributed by atoms with E-state index < -0.39 is 24.2 Å². The molecule has 3 heterocycles. The van der Waals surface area contributed by atoms with Gasteiger partial charge in [-0.15, -0.1) is 0 Å². The molecule has 2 unspecified atom stereocenters. The standard InChI is InChI=1S/C27H31Cl2F3N4O5/c1-26(2,41-22-12-21(40-8-7-37)19(28)11-20(22)29)25(39)35-16-9-17-4-5-18(10-16)36(17)23-6-3-15(13-33-23)24(38)34-14-27(30,31)32/h3,6,11-13,16-18,37H,4-5,7-10,14H2,1-2H3,(H,34,38)(H,35,39). The Morgan fingerprint density at radius 1 is 1.10 bits per heavy atom. The average Bonchev–Trinajstić information content (AvgIpc) is 3.17. The van der Waals surface area contributed by atoms with E-state index >= 15 is 0 Å². The molecule has 2 fully saturated rings. The number of carbonyl (C=O) groups excluding carboxylic acids is 2. The molecule has 1 aromatic carbocycles. The van der Waals surface area contributed by atoms with Crippen molar-refractivity contribution in [2.45, 2.75) is 69.4 Å². The van der Waals surface area contributed by atoms with Gasteiger partial charge in [-0.25, -0.2) is 4.98 Å². The number of carbonyl (C=O) groups is 2. The van der Waals surface area contributed by atoms with Gasteiger partial charge in [-0.2, -0.15) is 13.2 Å². The van der Waals surface area contributed by atoms with Gasteiger partial charge >= 0.3 is 6.18 Å². The number of aliphatic hydroxyl groups excluding tert-OH is 1. The molecule has 0 saturated carbocycles. The van der Waals surface area contributed by atoms with Gasteiger partial charge in [-0.3, -0.25) is 9.59 Å². The highest BCUT2D eigenvalue weighted by Crippen LogP contribution is 2.40. The van der Waals surface area contributed by atoms with Crippen LogP contribution in [-0.2, 0) is 4.79 Å². The van der Waals surface area contributed by atoms with E-state index in [4.69, 9.17) is 37.8 Å². The molecule has 2 aromatic rings. The fourth-order valence-corrected chi connectivity index (χ4v) is 5.64. The Kier molecular flexibility index (Phi) is 9.45. The van der Waals surface area contributed by atoms with Crippen LogP contribution in [0.5, 0.6) is 11.5 Å². The van der Waals surface area contributed by atoms with Gasteiger partial charge < -0.3 is 30.1 Å². The number of benzene rings is 1. The molecule has 3 N–H and O–H groups in total. The number of fused-ring (bicyclic) bond motifs is 2. The lowest BCUT2D eigenvalue weighted by molar-refractivity contribution is -0.135. The molecule has 2 atom stereocenters. The van der Waals surface area contributed by atoms with Crippen LogP contribution in [0, 0.1) is 0 Å². The summed E-state index contributed by atoms with van der Waals surface area (Å²) >= 11 is 12.4. The molecule has 224 valence electrons.